The molecule has 0 unspecified atom stereocenters. The SMILES string of the molecule is Cn1cccc(C(=O)NCCc2csc(-c3ccccc3)n2)c1=O. The third-order valence-electron chi connectivity index (χ3n) is 3.61. The van der Waals surface area contributed by atoms with Crippen molar-refractivity contribution in [2.75, 3.05) is 6.54 Å². The second-order valence-corrected chi connectivity index (χ2v) is 6.21. The van der Waals surface area contributed by atoms with Crippen LogP contribution in [0.4, 0.5) is 0 Å². The molecule has 24 heavy (non-hydrogen) atoms. The predicted octanol–water partition coefficient (Wildman–Crippen LogP) is 2.48. The molecule has 0 bridgehead atoms. The van der Waals surface area contributed by atoms with Gasteiger partial charge in [-0.1, -0.05) is 30.3 Å². The van der Waals surface area contributed by atoms with Gasteiger partial charge in [0, 0.05) is 37.2 Å². The molecule has 0 saturated carbocycles. The van der Waals surface area contributed by atoms with E-state index in [-0.39, 0.29) is 17.0 Å². The van der Waals surface area contributed by atoms with Gasteiger partial charge in [-0.2, -0.15) is 0 Å². The Morgan fingerprint density at radius 1 is 1.21 bits per heavy atom. The molecule has 0 radical (unpaired) electrons. The number of nitrogens with zero attached hydrogens (tertiary/aromatic N) is 2. The lowest BCUT2D eigenvalue weighted by atomic mass is 10.2. The van der Waals surface area contributed by atoms with Crippen molar-refractivity contribution in [1.82, 2.24) is 14.9 Å². The minimum absolute atomic E-state index is 0.156. The first kappa shape index (κ1) is 16.1. The van der Waals surface area contributed by atoms with E-state index in [1.807, 2.05) is 35.7 Å². The fourth-order valence-electron chi connectivity index (χ4n) is 2.30. The van der Waals surface area contributed by atoms with Crippen LogP contribution in [-0.4, -0.2) is 22.0 Å². The molecule has 0 aliphatic carbocycles. The van der Waals surface area contributed by atoms with Crippen LogP contribution in [0.25, 0.3) is 10.6 Å². The van der Waals surface area contributed by atoms with Crippen molar-refractivity contribution in [3.63, 3.8) is 0 Å². The molecule has 0 aliphatic rings. The zero-order valence-electron chi connectivity index (χ0n) is 13.2. The Hall–Kier alpha value is -2.73. The van der Waals surface area contributed by atoms with Crippen molar-refractivity contribution >= 4 is 17.2 Å². The summed E-state index contributed by atoms with van der Waals surface area (Å²) in [6.45, 7) is 0.439. The van der Waals surface area contributed by atoms with Gasteiger partial charge in [-0.05, 0) is 12.1 Å². The minimum Gasteiger partial charge on any atom is -0.351 e. The Morgan fingerprint density at radius 3 is 2.79 bits per heavy atom. The van der Waals surface area contributed by atoms with E-state index in [1.54, 1.807) is 30.6 Å². The van der Waals surface area contributed by atoms with Gasteiger partial charge in [-0.15, -0.1) is 11.3 Å². The van der Waals surface area contributed by atoms with Crippen molar-refractivity contribution in [3.8, 4) is 10.6 Å². The van der Waals surface area contributed by atoms with Crippen LogP contribution in [0, 0.1) is 0 Å². The quantitative estimate of drug-likeness (QED) is 0.777. The Balaban J connectivity index is 1.59. The smallest absolute Gasteiger partial charge is 0.263 e. The number of nitrogens with one attached hydrogen (secondary N) is 1. The second-order valence-electron chi connectivity index (χ2n) is 5.35. The molecular formula is C18H17N3O2S. The van der Waals surface area contributed by atoms with Crippen molar-refractivity contribution in [1.29, 1.82) is 0 Å². The van der Waals surface area contributed by atoms with E-state index in [9.17, 15) is 9.59 Å². The Labute approximate surface area is 143 Å². The number of hydrogen-bond donors (Lipinski definition) is 1. The molecule has 0 atom stereocenters. The fourth-order valence-corrected chi connectivity index (χ4v) is 3.16. The molecule has 0 fully saturated rings. The first-order chi connectivity index (χ1) is 11.6. The van der Waals surface area contributed by atoms with Crippen molar-refractivity contribution in [3.05, 3.63) is 75.7 Å². The highest BCUT2D eigenvalue weighted by Gasteiger charge is 2.11. The maximum atomic E-state index is 12.1. The zero-order chi connectivity index (χ0) is 16.9. The highest BCUT2D eigenvalue weighted by Crippen LogP contribution is 2.23. The first-order valence-corrected chi connectivity index (χ1v) is 8.47. The lowest BCUT2D eigenvalue weighted by Gasteiger charge is -2.05. The number of carbonyl (C=O) groups is 1. The number of pyridine rings is 1. The van der Waals surface area contributed by atoms with Gasteiger partial charge in [0.1, 0.15) is 10.6 Å². The van der Waals surface area contributed by atoms with Gasteiger partial charge in [-0.3, -0.25) is 9.59 Å². The molecule has 0 spiro atoms. The molecule has 0 saturated heterocycles. The molecule has 2 aromatic heterocycles. The summed E-state index contributed by atoms with van der Waals surface area (Å²) < 4.78 is 1.39. The predicted molar refractivity (Wildman–Crippen MR) is 95.3 cm³/mol. The number of carbonyl (C=O) groups excluding carboxylic acids is 1. The van der Waals surface area contributed by atoms with E-state index in [4.69, 9.17) is 0 Å². The Bertz CT molecular complexity index is 900. The maximum Gasteiger partial charge on any atom is 0.263 e. The minimum atomic E-state index is -0.352. The van der Waals surface area contributed by atoms with Crippen LogP contribution in [-0.2, 0) is 13.5 Å². The van der Waals surface area contributed by atoms with Crippen LogP contribution in [0.5, 0.6) is 0 Å². The van der Waals surface area contributed by atoms with Crippen LogP contribution >= 0.6 is 11.3 Å². The van der Waals surface area contributed by atoms with Gasteiger partial charge >= 0.3 is 0 Å². The molecule has 0 aliphatic heterocycles. The van der Waals surface area contributed by atoms with Crippen molar-refractivity contribution < 1.29 is 4.79 Å². The molecule has 1 N–H and O–H groups in total. The summed E-state index contributed by atoms with van der Waals surface area (Å²) in [7, 11) is 1.62. The number of aromatic nitrogens is 2. The number of aryl methyl sites for hydroxylation is 1. The molecule has 1 amide bonds. The summed E-state index contributed by atoms with van der Waals surface area (Å²) in [5.41, 5.74) is 1.88. The van der Waals surface area contributed by atoms with E-state index in [2.05, 4.69) is 10.3 Å². The van der Waals surface area contributed by atoms with Crippen molar-refractivity contribution in [2.24, 2.45) is 7.05 Å². The van der Waals surface area contributed by atoms with Crippen molar-refractivity contribution in [2.45, 2.75) is 6.42 Å². The summed E-state index contributed by atoms with van der Waals surface area (Å²) >= 11 is 1.59. The standard InChI is InChI=1S/C18H17N3O2S/c1-21-11-5-8-15(18(21)23)16(22)19-10-9-14-12-24-17(20-14)13-6-3-2-4-7-13/h2-8,11-12H,9-10H2,1H3,(H,19,22). The van der Waals surface area contributed by atoms with Crippen LogP contribution in [0.3, 0.4) is 0 Å². The zero-order valence-corrected chi connectivity index (χ0v) is 14.0. The largest absolute Gasteiger partial charge is 0.351 e. The van der Waals surface area contributed by atoms with Gasteiger partial charge in [0.15, 0.2) is 0 Å². The summed E-state index contributed by atoms with van der Waals surface area (Å²) in [6.07, 6.45) is 2.25. The highest BCUT2D eigenvalue weighted by molar-refractivity contribution is 7.13. The third-order valence-corrected chi connectivity index (χ3v) is 4.55. The van der Waals surface area contributed by atoms with Crippen LogP contribution < -0.4 is 10.9 Å². The molecule has 6 heteroatoms. The lowest BCUT2D eigenvalue weighted by Crippen LogP contribution is -2.32. The van der Waals surface area contributed by atoms with Gasteiger partial charge < -0.3 is 9.88 Å². The highest BCUT2D eigenvalue weighted by atomic mass is 32.1. The van der Waals surface area contributed by atoms with Gasteiger partial charge in [0.25, 0.3) is 11.5 Å². The molecule has 122 valence electrons. The monoisotopic (exact) mass is 339 g/mol. The second kappa shape index (κ2) is 7.23. The molecular weight excluding hydrogens is 322 g/mol. The summed E-state index contributed by atoms with van der Waals surface area (Å²) in [4.78, 5) is 28.6. The molecule has 1 aromatic carbocycles. The average Bonchev–Trinajstić information content (AvgIpc) is 3.07. The maximum absolute atomic E-state index is 12.1. The number of thiazole rings is 1. The summed E-state index contributed by atoms with van der Waals surface area (Å²) in [6, 6.07) is 13.2. The van der Waals surface area contributed by atoms with E-state index in [0.29, 0.717) is 13.0 Å². The van der Waals surface area contributed by atoms with Crippen LogP contribution in [0.2, 0.25) is 0 Å². The first-order valence-electron chi connectivity index (χ1n) is 7.59. The number of amides is 1. The van der Waals surface area contributed by atoms with Gasteiger partial charge in [0.05, 0.1) is 5.69 Å². The number of rotatable bonds is 5. The number of benzene rings is 1. The Morgan fingerprint density at radius 2 is 2.00 bits per heavy atom. The Kier molecular flexibility index (Phi) is 4.86. The lowest BCUT2D eigenvalue weighted by molar-refractivity contribution is 0.0952. The normalized spacial score (nSPS) is 10.5. The fraction of sp³-hybridized carbons (Fsp3) is 0.167. The van der Waals surface area contributed by atoms with Crippen LogP contribution in [0.1, 0.15) is 16.1 Å². The van der Waals surface area contributed by atoms with E-state index < -0.39 is 0 Å². The van der Waals surface area contributed by atoms with Gasteiger partial charge in [-0.25, -0.2) is 4.98 Å². The summed E-state index contributed by atoms with van der Waals surface area (Å²) in [5.74, 6) is -0.352. The third kappa shape index (κ3) is 3.60. The van der Waals surface area contributed by atoms with E-state index in [0.717, 1.165) is 16.3 Å². The van der Waals surface area contributed by atoms with Gasteiger partial charge in [0.2, 0.25) is 0 Å². The molecule has 2 heterocycles. The van der Waals surface area contributed by atoms with E-state index >= 15 is 0 Å². The van der Waals surface area contributed by atoms with E-state index in [1.165, 1.54) is 10.6 Å². The summed E-state index contributed by atoms with van der Waals surface area (Å²) in [5, 5.41) is 5.74. The molecule has 5 nitrogen and oxygen atoms in total. The molecule has 3 rings (SSSR count). The molecule has 3 aromatic rings. The number of hydrogen-bond acceptors (Lipinski definition) is 4. The average molecular weight is 339 g/mol. The van der Waals surface area contributed by atoms with Crippen LogP contribution in [0.15, 0.2) is 58.8 Å². The topological polar surface area (TPSA) is 64.0 Å².